The normalized spacial score (nSPS) is 13.7. The first-order valence-electron chi connectivity index (χ1n) is 8.80. The van der Waals surface area contributed by atoms with Crippen LogP contribution in [0.5, 0.6) is 0 Å². The standard InChI is InChI=1S/C19H27FN2O5S/c1-11(2)15(28)16(23)22-19(3,4)18(26)21-14(17(24)25)10-27-9-12-5-7-13(20)8-6-12/h5-8,11,14-15,28H,9-10H2,1-4H3,(H,21,26)(H,22,23)(H,24,25)/t14-,15-/m0/s1. The van der Waals surface area contributed by atoms with Crippen molar-refractivity contribution in [3.63, 3.8) is 0 Å². The van der Waals surface area contributed by atoms with E-state index >= 15 is 0 Å². The molecule has 0 aromatic heterocycles. The molecule has 1 aromatic rings. The fraction of sp³-hybridized carbons (Fsp3) is 0.526. The van der Waals surface area contributed by atoms with Gasteiger partial charge < -0.3 is 20.5 Å². The molecule has 2 amide bonds. The second-order valence-corrected chi connectivity index (χ2v) is 7.87. The highest BCUT2D eigenvalue weighted by molar-refractivity contribution is 7.81. The monoisotopic (exact) mass is 414 g/mol. The maximum absolute atomic E-state index is 12.9. The average Bonchev–Trinajstić information content (AvgIpc) is 2.60. The van der Waals surface area contributed by atoms with Crippen LogP contribution in [-0.4, -0.2) is 46.3 Å². The van der Waals surface area contributed by atoms with Gasteiger partial charge >= 0.3 is 5.97 Å². The molecule has 0 radical (unpaired) electrons. The minimum atomic E-state index is -1.34. The van der Waals surface area contributed by atoms with Crippen LogP contribution in [0.2, 0.25) is 0 Å². The van der Waals surface area contributed by atoms with Gasteiger partial charge in [-0.1, -0.05) is 26.0 Å². The molecule has 0 bridgehead atoms. The van der Waals surface area contributed by atoms with Crippen molar-refractivity contribution in [3.8, 4) is 0 Å². The molecule has 0 aliphatic carbocycles. The maximum Gasteiger partial charge on any atom is 0.328 e. The average molecular weight is 414 g/mol. The molecular formula is C19H27FN2O5S. The van der Waals surface area contributed by atoms with E-state index < -0.39 is 34.6 Å². The number of carboxylic acids is 1. The summed E-state index contributed by atoms with van der Waals surface area (Å²) < 4.78 is 18.2. The van der Waals surface area contributed by atoms with E-state index in [1.165, 1.54) is 38.1 Å². The van der Waals surface area contributed by atoms with Crippen molar-refractivity contribution in [2.24, 2.45) is 5.92 Å². The number of hydrogen-bond donors (Lipinski definition) is 4. The number of halogens is 1. The lowest BCUT2D eigenvalue weighted by atomic mass is 10.0. The van der Waals surface area contributed by atoms with E-state index in [1.807, 2.05) is 13.8 Å². The molecule has 0 fully saturated rings. The second kappa shape index (κ2) is 10.4. The van der Waals surface area contributed by atoms with Crippen molar-refractivity contribution in [1.82, 2.24) is 10.6 Å². The first-order chi connectivity index (χ1) is 12.9. The molecule has 0 saturated heterocycles. The number of ether oxygens (including phenoxy) is 1. The van der Waals surface area contributed by atoms with Gasteiger partial charge in [0.25, 0.3) is 0 Å². The van der Waals surface area contributed by atoms with Gasteiger partial charge in [-0.25, -0.2) is 9.18 Å². The molecule has 0 heterocycles. The van der Waals surface area contributed by atoms with Crippen LogP contribution >= 0.6 is 12.6 Å². The number of carbonyl (C=O) groups is 3. The molecule has 0 unspecified atom stereocenters. The number of thiol groups is 1. The van der Waals surface area contributed by atoms with Crippen LogP contribution in [0, 0.1) is 11.7 Å². The molecule has 7 nitrogen and oxygen atoms in total. The Kier molecular flexibility index (Phi) is 8.90. The number of amides is 2. The van der Waals surface area contributed by atoms with Crippen LogP contribution in [0.25, 0.3) is 0 Å². The lowest BCUT2D eigenvalue weighted by Gasteiger charge is -2.29. The minimum absolute atomic E-state index is 0.0335. The summed E-state index contributed by atoms with van der Waals surface area (Å²) in [7, 11) is 0. The molecule has 0 aliphatic rings. The fourth-order valence-corrected chi connectivity index (χ4v) is 2.19. The van der Waals surface area contributed by atoms with Gasteiger partial charge in [0.15, 0.2) is 6.04 Å². The zero-order valence-electron chi connectivity index (χ0n) is 16.4. The lowest BCUT2D eigenvalue weighted by molar-refractivity contribution is -0.145. The third-order valence-corrected chi connectivity index (χ3v) is 4.80. The molecule has 9 heteroatoms. The largest absolute Gasteiger partial charge is 0.480 e. The number of carbonyl (C=O) groups excluding carboxylic acids is 2. The van der Waals surface area contributed by atoms with Gasteiger partial charge in [0.2, 0.25) is 11.8 Å². The van der Waals surface area contributed by atoms with E-state index in [-0.39, 0.29) is 24.9 Å². The van der Waals surface area contributed by atoms with Crippen molar-refractivity contribution in [3.05, 3.63) is 35.6 Å². The Hall–Kier alpha value is -2.13. The first kappa shape index (κ1) is 23.9. The number of hydrogen-bond acceptors (Lipinski definition) is 5. The van der Waals surface area contributed by atoms with Crippen LogP contribution < -0.4 is 10.6 Å². The molecule has 28 heavy (non-hydrogen) atoms. The quantitative estimate of drug-likeness (QED) is 0.437. The number of rotatable bonds is 10. The zero-order valence-corrected chi connectivity index (χ0v) is 17.3. The molecule has 2 atom stereocenters. The molecule has 1 rings (SSSR count). The van der Waals surface area contributed by atoms with Gasteiger partial charge in [0.05, 0.1) is 18.5 Å². The van der Waals surface area contributed by atoms with Crippen molar-refractivity contribution in [2.75, 3.05) is 6.61 Å². The Morgan fingerprint density at radius 2 is 1.79 bits per heavy atom. The van der Waals surface area contributed by atoms with Gasteiger partial charge in [0.1, 0.15) is 11.4 Å². The Bertz CT molecular complexity index is 694. The lowest BCUT2D eigenvalue weighted by Crippen LogP contribution is -2.59. The van der Waals surface area contributed by atoms with Gasteiger partial charge in [-0.15, -0.1) is 0 Å². The van der Waals surface area contributed by atoms with E-state index in [9.17, 15) is 23.9 Å². The summed E-state index contributed by atoms with van der Waals surface area (Å²) in [6, 6.07) is 4.27. The highest BCUT2D eigenvalue weighted by atomic mass is 32.1. The summed E-state index contributed by atoms with van der Waals surface area (Å²) in [5, 5.41) is 13.7. The van der Waals surface area contributed by atoms with Crippen molar-refractivity contribution >= 4 is 30.4 Å². The summed E-state index contributed by atoms with van der Waals surface area (Å²) in [6.45, 7) is 6.37. The van der Waals surface area contributed by atoms with Crippen LogP contribution in [0.15, 0.2) is 24.3 Å². The number of carboxylic acid groups (broad SMARTS) is 1. The van der Waals surface area contributed by atoms with Gasteiger partial charge in [-0.2, -0.15) is 12.6 Å². The molecule has 0 aliphatic heterocycles. The third-order valence-electron chi connectivity index (χ3n) is 3.97. The predicted octanol–water partition coefficient (Wildman–Crippen LogP) is 1.76. The highest BCUT2D eigenvalue weighted by Crippen LogP contribution is 2.12. The van der Waals surface area contributed by atoms with Crippen LogP contribution in [-0.2, 0) is 25.7 Å². The highest BCUT2D eigenvalue weighted by Gasteiger charge is 2.34. The number of nitrogens with one attached hydrogen (secondary N) is 2. The molecular weight excluding hydrogens is 387 g/mol. The molecule has 0 spiro atoms. The van der Waals surface area contributed by atoms with Crippen LogP contribution in [0.4, 0.5) is 4.39 Å². The maximum atomic E-state index is 12.9. The predicted molar refractivity (Wildman–Crippen MR) is 105 cm³/mol. The molecule has 1 aromatic carbocycles. The van der Waals surface area contributed by atoms with Crippen molar-refractivity contribution in [2.45, 2.75) is 51.1 Å². The van der Waals surface area contributed by atoms with E-state index in [0.717, 1.165) is 0 Å². The molecule has 0 saturated carbocycles. The summed E-state index contributed by atoms with van der Waals surface area (Å²) >= 11 is 4.21. The number of benzene rings is 1. The van der Waals surface area contributed by atoms with Crippen LogP contribution in [0.3, 0.4) is 0 Å². The van der Waals surface area contributed by atoms with E-state index in [0.29, 0.717) is 5.56 Å². The smallest absolute Gasteiger partial charge is 0.328 e. The van der Waals surface area contributed by atoms with Crippen LogP contribution in [0.1, 0.15) is 33.3 Å². The Morgan fingerprint density at radius 1 is 1.21 bits per heavy atom. The van der Waals surface area contributed by atoms with Crippen molar-refractivity contribution in [1.29, 1.82) is 0 Å². The summed E-state index contributed by atoms with van der Waals surface area (Å²) in [6.07, 6.45) is 0. The second-order valence-electron chi connectivity index (χ2n) is 7.31. The zero-order chi connectivity index (χ0) is 21.5. The van der Waals surface area contributed by atoms with Gasteiger partial charge in [0, 0.05) is 0 Å². The topological polar surface area (TPSA) is 105 Å². The Morgan fingerprint density at radius 3 is 2.29 bits per heavy atom. The third kappa shape index (κ3) is 7.47. The van der Waals surface area contributed by atoms with E-state index in [4.69, 9.17) is 4.74 Å². The minimum Gasteiger partial charge on any atom is -0.480 e. The Balaban J connectivity index is 2.63. The van der Waals surface area contributed by atoms with Crippen molar-refractivity contribution < 1.29 is 28.6 Å². The summed E-state index contributed by atoms with van der Waals surface area (Å²) in [5.74, 6) is -2.77. The van der Waals surface area contributed by atoms with E-state index in [2.05, 4.69) is 23.3 Å². The first-order valence-corrected chi connectivity index (χ1v) is 9.31. The fourth-order valence-electron chi connectivity index (χ4n) is 2.13. The number of aliphatic carboxylic acids is 1. The Labute approximate surface area is 169 Å². The van der Waals surface area contributed by atoms with E-state index in [1.54, 1.807) is 0 Å². The SMILES string of the molecule is CC(C)[C@H](S)C(=O)NC(C)(C)C(=O)N[C@@H](COCc1ccc(F)cc1)C(=O)O. The summed E-state index contributed by atoms with van der Waals surface area (Å²) in [4.78, 5) is 36.0. The summed E-state index contributed by atoms with van der Waals surface area (Å²) in [5.41, 5.74) is -0.671. The van der Waals surface area contributed by atoms with Gasteiger partial charge in [-0.3, -0.25) is 9.59 Å². The molecule has 156 valence electrons. The van der Waals surface area contributed by atoms with Gasteiger partial charge in [-0.05, 0) is 37.5 Å². The molecule has 3 N–H and O–H groups in total.